The Labute approximate surface area is 171 Å². The van der Waals surface area contributed by atoms with Crippen molar-refractivity contribution in [2.75, 3.05) is 19.3 Å². The number of sulfonamides is 1. The van der Waals surface area contributed by atoms with E-state index in [1.807, 2.05) is 6.07 Å². The second kappa shape index (κ2) is 7.23. The molecule has 0 bridgehead atoms. The molecular formula is C19H18ClF2N3O3S. The fraction of sp³-hybridized carbons (Fsp3) is 0.316. The number of rotatable bonds is 3. The van der Waals surface area contributed by atoms with Gasteiger partial charge in [0.15, 0.2) is 17.4 Å². The van der Waals surface area contributed by atoms with Crippen LogP contribution in [0.2, 0.25) is 5.02 Å². The number of aromatic nitrogens is 2. The highest BCUT2D eigenvalue weighted by Crippen LogP contribution is 2.36. The Balaban J connectivity index is 1.68. The Morgan fingerprint density at radius 1 is 1.17 bits per heavy atom. The highest BCUT2D eigenvalue weighted by atomic mass is 35.5. The molecule has 1 aliphatic rings. The van der Waals surface area contributed by atoms with E-state index in [1.165, 1.54) is 15.2 Å². The number of piperidine rings is 1. The molecule has 6 nitrogen and oxygen atoms in total. The normalized spacial score (nSPS) is 16.6. The summed E-state index contributed by atoms with van der Waals surface area (Å²) in [5.74, 6) is -3.18. The van der Waals surface area contributed by atoms with Gasteiger partial charge in [-0.15, -0.1) is 0 Å². The van der Waals surface area contributed by atoms with Crippen LogP contribution >= 0.6 is 11.6 Å². The summed E-state index contributed by atoms with van der Waals surface area (Å²) in [6.45, 7) is 0.872. The van der Waals surface area contributed by atoms with Crippen LogP contribution in [0.5, 0.6) is 5.75 Å². The number of halogens is 3. The number of hydrogen-bond donors (Lipinski definition) is 1. The number of aromatic hydroxyl groups is 1. The fourth-order valence-corrected chi connectivity index (χ4v) is 4.95. The third kappa shape index (κ3) is 3.70. The molecule has 1 N–H and O–H groups in total. The predicted octanol–water partition coefficient (Wildman–Crippen LogP) is 3.80. The molecule has 0 saturated carbocycles. The average Bonchev–Trinajstić information content (AvgIpc) is 3.07. The van der Waals surface area contributed by atoms with Gasteiger partial charge in [0.1, 0.15) is 0 Å². The Morgan fingerprint density at radius 3 is 2.48 bits per heavy atom. The van der Waals surface area contributed by atoms with Crippen molar-refractivity contribution in [2.45, 2.75) is 18.8 Å². The van der Waals surface area contributed by atoms with E-state index < -0.39 is 27.4 Å². The van der Waals surface area contributed by atoms with Crippen LogP contribution in [-0.2, 0) is 10.0 Å². The predicted molar refractivity (Wildman–Crippen MR) is 106 cm³/mol. The zero-order chi connectivity index (χ0) is 20.9. The Morgan fingerprint density at radius 2 is 1.86 bits per heavy atom. The minimum Gasteiger partial charge on any atom is -0.505 e. The van der Waals surface area contributed by atoms with E-state index in [9.17, 15) is 22.3 Å². The van der Waals surface area contributed by atoms with Crippen LogP contribution in [0.1, 0.15) is 24.3 Å². The SMILES string of the molecule is CS(=O)(=O)N1CCC(c2cc3cnn(-c4cc(O)c(F)c(F)c4)c3cc2Cl)CC1. The largest absolute Gasteiger partial charge is 0.505 e. The first-order valence-electron chi connectivity index (χ1n) is 8.96. The van der Waals surface area contributed by atoms with E-state index in [0.29, 0.717) is 36.5 Å². The molecule has 3 aromatic rings. The van der Waals surface area contributed by atoms with Gasteiger partial charge in [-0.1, -0.05) is 11.6 Å². The summed E-state index contributed by atoms with van der Waals surface area (Å²) in [6.07, 6.45) is 4.10. The molecule has 2 aromatic carbocycles. The smallest absolute Gasteiger partial charge is 0.211 e. The molecule has 0 aliphatic carbocycles. The molecule has 1 fully saturated rings. The molecule has 1 aliphatic heterocycles. The van der Waals surface area contributed by atoms with Crippen molar-refractivity contribution in [3.63, 3.8) is 0 Å². The molecule has 1 saturated heterocycles. The second-order valence-corrected chi connectivity index (χ2v) is 9.58. The van der Waals surface area contributed by atoms with Crippen molar-refractivity contribution in [1.82, 2.24) is 14.1 Å². The molecule has 1 aromatic heterocycles. The van der Waals surface area contributed by atoms with E-state index in [-0.39, 0.29) is 11.6 Å². The van der Waals surface area contributed by atoms with Crippen LogP contribution < -0.4 is 0 Å². The molecule has 0 radical (unpaired) electrons. The quantitative estimate of drug-likeness (QED) is 0.670. The molecule has 154 valence electrons. The van der Waals surface area contributed by atoms with Gasteiger partial charge in [-0.2, -0.15) is 9.49 Å². The lowest BCUT2D eigenvalue weighted by Crippen LogP contribution is -2.37. The summed E-state index contributed by atoms with van der Waals surface area (Å²) >= 11 is 6.51. The number of phenolic OH excluding ortho intramolecular Hbond substituents is 1. The molecule has 0 atom stereocenters. The van der Waals surface area contributed by atoms with Gasteiger partial charge < -0.3 is 5.11 Å². The summed E-state index contributed by atoms with van der Waals surface area (Å²) in [5.41, 5.74) is 1.65. The van der Waals surface area contributed by atoms with Crippen molar-refractivity contribution in [2.24, 2.45) is 0 Å². The monoisotopic (exact) mass is 441 g/mol. The summed E-state index contributed by atoms with van der Waals surface area (Å²) in [4.78, 5) is 0. The molecular weight excluding hydrogens is 424 g/mol. The lowest BCUT2D eigenvalue weighted by Gasteiger charge is -2.30. The number of phenols is 1. The van der Waals surface area contributed by atoms with Crippen LogP contribution in [0.15, 0.2) is 30.5 Å². The standard InChI is InChI=1S/C19H18ClF2N3O3S/c1-29(27,28)24-4-2-11(3-5-24)14-6-12-10-23-25(17(12)9-15(14)20)13-7-16(21)19(22)18(26)8-13/h6-11,26H,2-5H2,1H3. The molecule has 0 unspecified atom stereocenters. The minimum absolute atomic E-state index is 0.112. The molecule has 2 heterocycles. The van der Waals surface area contributed by atoms with Crippen molar-refractivity contribution in [3.8, 4) is 11.4 Å². The van der Waals surface area contributed by atoms with E-state index in [2.05, 4.69) is 5.10 Å². The number of nitrogens with zero attached hydrogens (tertiary/aromatic N) is 3. The van der Waals surface area contributed by atoms with Crippen LogP contribution in [0.4, 0.5) is 8.78 Å². The zero-order valence-corrected chi connectivity index (χ0v) is 17.0. The topological polar surface area (TPSA) is 75.4 Å². The van der Waals surface area contributed by atoms with E-state index >= 15 is 0 Å². The van der Waals surface area contributed by atoms with Crippen molar-refractivity contribution < 1.29 is 22.3 Å². The lowest BCUT2D eigenvalue weighted by atomic mass is 9.89. The third-order valence-corrected chi connectivity index (χ3v) is 6.92. The van der Waals surface area contributed by atoms with Crippen LogP contribution in [0, 0.1) is 11.6 Å². The molecule has 29 heavy (non-hydrogen) atoms. The van der Waals surface area contributed by atoms with Gasteiger partial charge in [-0.25, -0.2) is 21.8 Å². The van der Waals surface area contributed by atoms with E-state index in [4.69, 9.17) is 11.6 Å². The van der Waals surface area contributed by atoms with Crippen LogP contribution in [0.25, 0.3) is 16.6 Å². The van der Waals surface area contributed by atoms with Gasteiger partial charge in [0, 0.05) is 35.6 Å². The number of fused-ring (bicyclic) bond motifs is 1. The van der Waals surface area contributed by atoms with Gasteiger partial charge in [-0.3, -0.25) is 0 Å². The Hall–Kier alpha value is -2.23. The number of benzene rings is 2. The fourth-order valence-electron chi connectivity index (χ4n) is 3.77. The van der Waals surface area contributed by atoms with Gasteiger partial charge in [0.25, 0.3) is 0 Å². The second-order valence-electron chi connectivity index (χ2n) is 7.19. The summed E-state index contributed by atoms with van der Waals surface area (Å²) < 4.78 is 53.3. The van der Waals surface area contributed by atoms with Crippen molar-refractivity contribution >= 4 is 32.5 Å². The minimum atomic E-state index is -3.20. The zero-order valence-electron chi connectivity index (χ0n) is 15.4. The first kappa shape index (κ1) is 20.1. The molecule has 10 heteroatoms. The van der Waals surface area contributed by atoms with E-state index in [1.54, 1.807) is 12.3 Å². The van der Waals surface area contributed by atoms with Gasteiger partial charge in [0.2, 0.25) is 10.0 Å². The van der Waals surface area contributed by atoms with Gasteiger partial charge in [-0.05, 0) is 36.5 Å². The Bertz CT molecular complexity index is 1180. The van der Waals surface area contributed by atoms with Crippen LogP contribution in [0.3, 0.4) is 0 Å². The molecule has 4 rings (SSSR count). The van der Waals surface area contributed by atoms with Gasteiger partial charge in [0.05, 0.1) is 23.7 Å². The number of hydrogen-bond acceptors (Lipinski definition) is 4. The summed E-state index contributed by atoms with van der Waals surface area (Å²) in [5, 5.41) is 15.0. The first-order chi connectivity index (χ1) is 13.6. The first-order valence-corrected chi connectivity index (χ1v) is 11.2. The third-order valence-electron chi connectivity index (χ3n) is 5.29. The highest BCUT2D eigenvalue weighted by Gasteiger charge is 2.27. The Kier molecular flexibility index (Phi) is 5.00. The maximum absolute atomic E-state index is 13.7. The highest BCUT2D eigenvalue weighted by molar-refractivity contribution is 7.88. The molecule has 0 spiro atoms. The molecule has 0 amide bonds. The van der Waals surface area contributed by atoms with Crippen molar-refractivity contribution in [1.29, 1.82) is 0 Å². The van der Waals surface area contributed by atoms with Gasteiger partial charge >= 0.3 is 0 Å². The summed E-state index contributed by atoms with van der Waals surface area (Å²) in [7, 11) is -3.20. The maximum Gasteiger partial charge on any atom is 0.211 e. The van der Waals surface area contributed by atoms with Crippen LogP contribution in [-0.4, -0.2) is 47.0 Å². The van der Waals surface area contributed by atoms with E-state index in [0.717, 1.165) is 23.1 Å². The summed E-state index contributed by atoms with van der Waals surface area (Å²) in [6, 6.07) is 5.62. The lowest BCUT2D eigenvalue weighted by molar-refractivity contribution is 0.321. The maximum atomic E-state index is 13.7. The average molecular weight is 442 g/mol. The van der Waals surface area contributed by atoms with Crippen molar-refractivity contribution in [3.05, 3.63) is 52.7 Å².